The van der Waals surface area contributed by atoms with Crippen molar-refractivity contribution in [2.45, 2.75) is 57.3 Å². The predicted molar refractivity (Wildman–Crippen MR) is 137 cm³/mol. The summed E-state index contributed by atoms with van der Waals surface area (Å²) in [6.07, 6.45) is -1.16. The molecule has 0 aliphatic heterocycles. The second kappa shape index (κ2) is 10.6. The molecule has 3 atom stereocenters. The van der Waals surface area contributed by atoms with Gasteiger partial charge in [-0.15, -0.1) is 0 Å². The van der Waals surface area contributed by atoms with Crippen LogP contribution in [-0.4, -0.2) is 57.1 Å². The van der Waals surface area contributed by atoms with Crippen LogP contribution in [0.1, 0.15) is 62.0 Å². The first kappa shape index (κ1) is 26.7. The summed E-state index contributed by atoms with van der Waals surface area (Å²) in [5.41, 5.74) is 1.42. The van der Waals surface area contributed by atoms with E-state index in [1.165, 1.54) is 4.90 Å². The van der Waals surface area contributed by atoms with Crippen LogP contribution in [0.4, 0.5) is 13.2 Å². The number of aliphatic hydroxyl groups excluding tert-OH is 1. The zero-order valence-corrected chi connectivity index (χ0v) is 21.0. The highest BCUT2D eigenvalue weighted by Crippen LogP contribution is 2.42. The van der Waals surface area contributed by atoms with Gasteiger partial charge in [-0.25, -0.2) is 4.98 Å². The fourth-order valence-electron chi connectivity index (χ4n) is 4.76. The molecule has 1 aliphatic carbocycles. The van der Waals surface area contributed by atoms with Crippen LogP contribution in [0.15, 0.2) is 30.3 Å². The van der Waals surface area contributed by atoms with E-state index in [2.05, 4.69) is 20.5 Å². The van der Waals surface area contributed by atoms with Crippen molar-refractivity contribution in [3.63, 3.8) is 0 Å². The topological polar surface area (TPSA) is 125 Å². The zero-order chi connectivity index (χ0) is 26.9. The molecule has 1 fully saturated rings. The van der Waals surface area contributed by atoms with Crippen LogP contribution in [0.2, 0.25) is 0 Å². The Labute approximate surface area is 213 Å². The monoisotopic (exact) mass is 515 g/mol. The van der Waals surface area contributed by atoms with Gasteiger partial charge in [-0.05, 0) is 50.3 Å². The maximum Gasteiger partial charge on any atom is 0.433 e. The van der Waals surface area contributed by atoms with E-state index in [-0.39, 0.29) is 24.1 Å². The van der Waals surface area contributed by atoms with Crippen LogP contribution in [-0.2, 0) is 6.18 Å². The summed E-state index contributed by atoms with van der Waals surface area (Å²) in [5, 5.41) is 36.4. The molecule has 2 heterocycles. The number of hydrogen-bond acceptors (Lipinski definition) is 6. The highest BCUT2D eigenvalue weighted by atomic mass is 19.4. The van der Waals surface area contributed by atoms with Crippen LogP contribution < -0.4 is 5.32 Å². The number of amidine groups is 1. The molecule has 11 heteroatoms. The first-order valence-electron chi connectivity index (χ1n) is 12.3. The number of benzene rings is 1. The maximum absolute atomic E-state index is 13.8. The number of hydrogen-bond donors (Lipinski definition) is 5. The number of fused-ring (bicyclic) bond motifs is 1. The van der Waals surface area contributed by atoms with Crippen molar-refractivity contribution in [1.29, 1.82) is 10.8 Å². The first-order valence-corrected chi connectivity index (χ1v) is 12.3. The highest BCUT2D eigenvalue weighted by molar-refractivity contribution is 5.96. The summed E-state index contributed by atoms with van der Waals surface area (Å²) < 4.78 is 41.4. The number of aromatic amines is 1. The molecule has 1 aromatic carbocycles. The number of H-pyrrole nitrogens is 1. The molecule has 198 valence electrons. The molecular weight excluding hydrogens is 483 g/mol. The van der Waals surface area contributed by atoms with E-state index in [0.717, 1.165) is 37.2 Å². The minimum absolute atomic E-state index is 0.169. The maximum atomic E-state index is 13.8. The molecular formula is C26H32F3N7O. The van der Waals surface area contributed by atoms with Gasteiger partial charge in [0.15, 0.2) is 0 Å². The number of likely N-dealkylation sites (N-methyl/N-ethyl adjacent to an activating group) is 1. The lowest BCUT2D eigenvalue weighted by atomic mass is 9.72. The Hall–Kier alpha value is -3.31. The molecule has 0 bridgehead atoms. The Bertz CT molecular complexity index is 1280. The molecule has 8 nitrogen and oxygen atoms in total. The molecule has 0 saturated heterocycles. The van der Waals surface area contributed by atoms with E-state index in [0.29, 0.717) is 28.0 Å². The normalized spacial score (nSPS) is 16.7. The summed E-state index contributed by atoms with van der Waals surface area (Å²) in [5.74, 6) is 0.361. The molecule has 37 heavy (non-hydrogen) atoms. The van der Waals surface area contributed by atoms with Crippen molar-refractivity contribution in [2.24, 2.45) is 5.92 Å². The fourth-order valence-corrected chi connectivity index (χ4v) is 4.76. The molecule has 4 rings (SSSR count). The first-order chi connectivity index (χ1) is 17.5. The van der Waals surface area contributed by atoms with Gasteiger partial charge in [0.2, 0.25) is 0 Å². The van der Waals surface area contributed by atoms with Gasteiger partial charge in [0.25, 0.3) is 0 Å². The molecule has 0 unspecified atom stereocenters. The van der Waals surface area contributed by atoms with Gasteiger partial charge in [0, 0.05) is 36.5 Å². The van der Waals surface area contributed by atoms with E-state index >= 15 is 0 Å². The van der Waals surface area contributed by atoms with Gasteiger partial charge in [-0.3, -0.25) is 15.9 Å². The van der Waals surface area contributed by atoms with E-state index in [4.69, 9.17) is 10.8 Å². The van der Waals surface area contributed by atoms with Crippen LogP contribution in [0, 0.1) is 16.7 Å². The third-order valence-corrected chi connectivity index (χ3v) is 7.01. The quantitative estimate of drug-likeness (QED) is 0.201. The molecule has 3 aromatic rings. The van der Waals surface area contributed by atoms with Crippen molar-refractivity contribution >= 4 is 23.1 Å². The lowest BCUT2D eigenvalue weighted by Crippen LogP contribution is -2.36. The van der Waals surface area contributed by atoms with Crippen molar-refractivity contribution < 1.29 is 18.3 Å². The van der Waals surface area contributed by atoms with Crippen LogP contribution in [0.5, 0.6) is 0 Å². The SMILES string of the molecule is C[C@H](O)CN[C@@H](C)c1nc(C(F)(F)F)cc2c(-c3cccc([C@H](C(=N)N(C)C=N)C4CCC4)c3)n[nH]c12. The van der Waals surface area contributed by atoms with Crippen molar-refractivity contribution in [3.8, 4) is 11.3 Å². The Morgan fingerprint density at radius 3 is 2.62 bits per heavy atom. The van der Waals surface area contributed by atoms with E-state index in [1.54, 1.807) is 27.0 Å². The van der Waals surface area contributed by atoms with Crippen molar-refractivity contribution in [1.82, 2.24) is 25.4 Å². The number of nitrogens with zero attached hydrogens (tertiary/aromatic N) is 3. The standard InChI is InChI=1S/C26H32F3N7O/c1-14(37)12-32-15(2)22-24-19(11-20(33-22)26(27,28)29)23(34-35-24)18-9-5-8-17(10-18)21(16-6-4-7-16)25(31)36(3)13-30/h5,8-11,13-16,21,30-32,37H,4,6-7,12H2,1-3H3,(H,34,35)/t14-,15-,21+/m0/s1. The average Bonchev–Trinajstić information content (AvgIpc) is 3.26. The number of aromatic nitrogens is 3. The second-order valence-corrected chi connectivity index (χ2v) is 9.78. The molecule has 5 N–H and O–H groups in total. The van der Waals surface area contributed by atoms with E-state index in [1.807, 2.05) is 18.2 Å². The van der Waals surface area contributed by atoms with Crippen molar-refractivity contribution in [2.75, 3.05) is 13.6 Å². The Morgan fingerprint density at radius 1 is 1.30 bits per heavy atom. The lowest BCUT2D eigenvalue weighted by molar-refractivity contribution is -0.141. The summed E-state index contributed by atoms with van der Waals surface area (Å²) in [4.78, 5) is 5.38. The minimum Gasteiger partial charge on any atom is -0.392 e. The predicted octanol–water partition coefficient (Wildman–Crippen LogP) is 5.07. The number of aliphatic hydroxyl groups is 1. The van der Waals surface area contributed by atoms with Gasteiger partial charge in [-0.2, -0.15) is 18.3 Å². The number of alkyl halides is 3. The number of pyridine rings is 1. The average molecular weight is 516 g/mol. The van der Waals surface area contributed by atoms with Crippen LogP contribution in [0.3, 0.4) is 0 Å². The lowest BCUT2D eigenvalue weighted by Gasteiger charge is -2.36. The number of halogens is 3. The second-order valence-electron chi connectivity index (χ2n) is 9.78. The van der Waals surface area contributed by atoms with Gasteiger partial charge >= 0.3 is 6.18 Å². The minimum atomic E-state index is -4.65. The smallest absolute Gasteiger partial charge is 0.392 e. The summed E-state index contributed by atoms with van der Waals surface area (Å²) >= 11 is 0. The fraction of sp³-hybridized carbons (Fsp3) is 0.462. The van der Waals surface area contributed by atoms with Gasteiger partial charge < -0.3 is 15.3 Å². The molecule has 0 amide bonds. The summed E-state index contributed by atoms with van der Waals surface area (Å²) in [6.45, 7) is 3.48. The number of rotatable bonds is 9. The summed E-state index contributed by atoms with van der Waals surface area (Å²) in [7, 11) is 1.67. The Balaban J connectivity index is 1.81. The Morgan fingerprint density at radius 2 is 2.03 bits per heavy atom. The molecule has 1 saturated carbocycles. The summed E-state index contributed by atoms with van der Waals surface area (Å²) in [6, 6.07) is 7.87. The third kappa shape index (κ3) is 5.52. The third-order valence-electron chi connectivity index (χ3n) is 7.01. The molecule has 1 aliphatic rings. The van der Waals surface area contributed by atoms with Gasteiger partial charge in [-0.1, -0.05) is 24.6 Å². The van der Waals surface area contributed by atoms with Gasteiger partial charge in [0.05, 0.1) is 23.7 Å². The van der Waals surface area contributed by atoms with E-state index in [9.17, 15) is 18.3 Å². The zero-order valence-electron chi connectivity index (χ0n) is 21.0. The Kier molecular flexibility index (Phi) is 7.65. The van der Waals surface area contributed by atoms with Crippen molar-refractivity contribution in [3.05, 3.63) is 47.3 Å². The largest absolute Gasteiger partial charge is 0.433 e. The highest BCUT2D eigenvalue weighted by Gasteiger charge is 2.36. The van der Waals surface area contributed by atoms with E-state index < -0.39 is 24.0 Å². The van der Waals surface area contributed by atoms with Crippen LogP contribution >= 0.6 is 0 Å². The molecule has 0 spiro atoms. The van der Waals surface area contributed by atoms with Crippen LogP contribution in [0.25, 0.3) is 22.2 Å². The number of nitrogens with one attached hydrogen (secondary N) is 4. The van der Waals surface area contributed by atoms with Gasteiger partial charge in [0.1, 0.15) is 17.2 Å². The molecule has 0 radical (unpaired) electrons. The molecule has 2 aromatic heterocycles.